The molecule has 126 valence electrons. The van der Waals surface area contributed by atoms with Crippen LogP contribution in [0.15, 0.2) is 0 Å². The van der Waals surface area contributed by atoms with Crippen molar-refractivity contribution in [3.05, 3.63) is 0 Å². The monoisotopic (exact) mass is 296 g/mol. The predicted octanol–water partition coefficient (Wildman–Crippen LogP) is 6.63. The van der Waals surface area contributed by atoms with Gasteiger partial charge in [-0.15, -0.1) is 0 Å². The van der Waals surface area contributed by atoms with E-state index in [0.717, 1.165) is 12.8 Å². The van der Waals surface area contributed by atoms with Crippen LogP contribution in [0.3, 0.4) is 0 Å². The van der Waals surface area contributed by atoms with Crippen molar-refractivity contribution in [1.29, 1.82) is 0 Å². The van der Waals surface area contributed by atoms with E-state index in [-0.39, 0.29) is 5.60 Å². The molecule has 1 N–H and O–H groups in total. The van der Waals surface area contributed by atoms with Crippen molar-refractivity contribution in [3.63, 3.8) is 0 Å². The summed E-state index contributed by atoms with van der Waals surface area (Å²) in [5.74, 6) is 0.551. The van der Waals surface area contributed by atoms with E-state index in [9.17, 15) is 5.11 Å². The van der Waals surface area contributed by atoms with Gasteiger partial charge in [0.25, 0.3) is 0 Å². The van der Waals surface area contributed by atoms with Crippen LogP contribution in [0.2, 0.25) is 0 Å². The number of hydrogen-bond donors (Lipinski definition) is 1. The molecule has 1 saturated carbocycles. The molecule has 0 aromatic carbocycles. The quantitative estimate of drug-likeness (QED) is 0.357. The molecule has 1 fully saturated rings. The first-order chi connectivity index (χ1) is 10.2. The Morgan fingerprint density at radius 1 is 0.762 bits per heavy atom. The number of unbranched alkanes of at least 4 members (excludes halogenated alkanes) is 12. The molecule has 1 nitrogen and oxygen atoms in total. The van der Waals surface area contributed by atoms with Crippen molar-refractivity contribution < 1.29 is 5.11 Å². The summed E-state index contributed by atoms with van der Waals surface area (Å²) >= 11 is 0. The zero-order chi connectivity index (χ0) is 15.4. The first kappa shape index (κ1) is 19.0. The summed E-state index contributed by atoms with van der Waals surface area (Å²) in [4.78, 5) is 0. The maximum atomic E-state index is 10.3. The van der Waals surface area contributed by atoms with Crippen molar-refractivity contribution in [2.75, 3.05) is 0 Å². The smallest absolute Gasteiger partial charge is 0.0673 e. The van der Waals surface area contributed by atoms with Crippen molar-refractivity contribution >= 4 is 0 Å². The van der Waals surface area contributed by atoms with E-state index in [1.807, 2.05) is 0 Å². The summed E-state index contributed by atoms with van der Waals surface area (Å²) in [6.45, 7) is 4.49. The minimum absolute atomic E-state index is 0.280. The second-order valence-corrected chi connectivity index (χ2v) is 7.54. The first-order valence-corrected chi connectivity index (χ1v) is 9.91. The molecular weight excluding hydrogens is 256 g/mol. The van der Waals surface area contributed by atoms with E-state index in [1.54, 1.807) is 0 Å². The van der Waals surface area contributed by atoms with Crippen molar-refractivity contribution in [2.45, 2.75) is 122 Å². The highest BCUT2D eigenvalue weighted by Gasteiger charge is 2.40. The fourth-order valence-corrected chi connectivity index (χ4v) is 3.59. The molecule has 0 radical (unpaired) electrons. The van der Waals surface area contributed by atoms with E-state index in [0.29, 0.717) is 5.92 Å². The topological polar surface area (TPSA) is 20.2 Å². The lowest BCUT2D eigenvalue weighted by atomic mass is 9.68. The van der Waals surface area contributed by atoms with E-state index in [2.05, 4.69) is 13.8 Å². The Kier molecular flexibility index (Phi) is 10.4. The minimum Gasteiger partial charge on any atom is -0.390 e. The minimum atomic E-state index is -0.280. The average Bonchev–Trinajstić information content (AvgIpc) is 2.50. The highest BCUT2D eigenvalue weighted by atomic mass is 16.3. The second-order valence-electron chi connectivity index (χ2n) is 7.54. The Hall–Kier alpha value is -0.0400. The fraction of sp³-hybridized carbons (Fsp3) is 1.00. The Bertz CT molecular complexity index is 238. The molecule has 0 aliphatic heterocycles. The van der Waals surface area contributed by atoms with Gasteiger partial charge in [0, 0.05) is 0 Å². The van der Waals surface area contributed by atoms with E-state index in [1.165, 1.54) is 89.9 Å². The summed E-state index contributed by atoms with van der Waals surface area (Å²) in [5.41, 5.74) is -0.280. The summed E-state index contributed by atoms with van der Waals surface area (Å²) in [6, 6.07) is 0. The summed E-state index contributed by atoms with van der Waals surface area (Å²) in [7, 11) is 0. The van der Waals surface area contributed by atoms with Crippen LogP contribution in [-0.2, 0) is 0 Å². The Morgan fingerprint density at radius 2 is 1.19 bits per heavy atom. The lowest BCUT2D eigenvalue weighted by Gasteiger charge is -2.43. The first-order valence-electron chi connectivity index (χ1n) is 9.91. The van der Waals surface area contributed by atoms with Gasteiger partial charge in [-0.2, -0.15) is 0 Å². The van der Waals surface area contributed by atoms with Crippen molar-refractivity contribution in [3.8, 4) is 0 Å². The number of hydrogen-bond acceptors (Lipinski definition) is 1. The third-order valence-corrected chi connectivity index (χ3v) is 5.64. The standard InChI is InChI=1S/C20H40O/c1-3-4-5-6-7-8-9-10-11-12-13-14-15-17-20(21)18-16-19(20)2/h19,21H,3-18H2,1-2H3. The lowest BCUT2D eigenvalue weighted by Crippen LogP contribution is -2.45. The van der Waals surface area contributed by atoms with Gasteiger partial charge >= 0.3 is 0 Å². The summed E-state index contributed by atoms with van der Waals surface area (Å²) in [5, 5.41) is 10.3. The summed E-state index contributed by atoms with van der Waals surface area (Å²) < 4.78 is 0. The zero-order valence-electron chi connectivity index (χ0n) is 14.8. The number of rotatable bonds is 14. The molecule has 1 aliphatic rings. The van der Waals surface area contributed by atoms with Gasteiger partial charge in [-0.1, -0.05) is 97.3 Å². The second kappa shape index (κ2) is 11.5. The fourth-order valence-electron chi connectivity index (χ4n) is 3.59. The molecule has 0 spiro atoms. The maximum absolute atomic E-state index is 10.3. The van der Waals surface area contributed by atoms with Gasteiger partial charge in [0.1, 0.15) is 0 Å². The lowest BCUT2D eigenvalue weighted by molar-refractivity contribution is -0.0934. The largest absolute Gasteiger partial charge is 0.390 e. The highest BCUT2D eigenvalue weighted by Crippen LogP contribution is 2.41. The van der Waals surface area contributed by atoms with E-state index < -0.39 is 0 Å². The molecule has 21 heavy (non-hydrogen) atoms. The summed E-state index contributed by atoms with van der Waals surface area (Å²) in [6.07, 6.45) is 21.6. The molecule has 1 rings (SSSR count). The Balaban J connectivity index is 1.73. The van der Waals surface area contributed by atoms with Gasteiger partial charge in [-0.05, 0) is 25.2 Å². The van der Waals surface area contributed by atoms with Gasteiger partial charge in [0.15, 0.2) is 0 Å². The molecular formula is C20H40O. The molecule has 0 amide bonds. The van der Waals surface area contributed by atoms with Gasteiger partial charge < -0.3 is 5.11 Å². The predicted molar refractivity (Wildman–Crippen MR) is 93.7 cm³/mol. The third kappa shape index (κ3) is 8.24. The Labute approximate surface area is 133 Å². The third-order valence-electron chi connectivity index (χ3n) is 5.64. The Morgan fingerprint density at radius 3 is 1.52 bits per heavy atom. The van der Waals surface area contributed by atoms with Crippen LogP contribution in [0.4, 0.5) is 0 Å². The van der Waals surface area contributed by atoms with Crippen LogP contribution < -0.4 is 0 Å². The van der Waals surface area contributed by atoms with Crippen LogP contribution in [-0.4, -0.2) is 10.7 Å². The molecule has 2 atom stereocenters. The van der Waals surface area contributed by atoms with Crippen LogP contribution >= 0.6 is 0 Å². The maximum Gasteiger partial charge on any atom is 0.0673 e. The normalized spacial score (nSPS) is 25.0. The van der Waals surface area contributed by atoms with Crippen LogP contribution in [0.1, 0.15) is 117 Å². The molecule has 0 aromatic rings. The van der Waals surface area contributed by atoms with Gasteiger partial charge in [0.2, 0.25) is 0 Å². The molecule has 1 heteroatoms. The van der Waals surface area contributed by atoms with Gasteiger partial charge in [-0.3, -0.25) is 0 Å². The molecule has 0 heterocycles. The van der Waals surface area contributed by atoms with Crippen LogP contribution in [0.25, 0.3) is 0 Å². The van der Waals surface area contributed by atoms with Crippen molar-refractivity contribution in [1.82, 2.24) is 0 Å². The van der Waals surface area contributed by atoms with E-state index in [4.69, 9.17) is 0 Å². The molecule has 0 bridgehead atoms. The van der Waals surface area contributed by atoms with Crippen molar-refractivity contribution in [2.24, 2.45) is 5.92 Å². The van der Waals surface area contributed by atoms with Crippen LogP contribution in [0, 0.1) is 5.92 Å². The van der Waals surface area contributed by atoms with Gasteiger partial charge in [0.05, 0.1) is 5.60 Å². The zero-order valence-corrected chi connectivity index (χ0v) is 14.8. The molecule has 0 aromatic heterocycles. The SMILES string of the molecule is CCCCCCCCCCCCCCCC1(O)CCC1C. The molecule has 1 aliphatic carbocycles. The van der Waals surface area contributed by atoms with Crippen LogP contribution in [0.5, 0.6) is 0 Å². The highest BCUT2D eigenvalue weighted by molar-refractivity contribution is 4.93. The molecule has 0 saturated heterocycles. The number of aliphatic hydroxyl groups is 1. The molecule has 2 unspecified atom stereocenters. The van der Waals surface area contributed by atoms with E-state index >= 15 is 0 Å². The average molecular weight is 297 g/mol. The van der Waals surface area contributed by atoms with Gasteiger partial charge in [-0.25, -0.2) is 0 Å².